The lowest BCUT2D eigenvalue weighted by Crippen LogP contribution is -2.38. The van der Waals surface area contributed by atoms with E-state index in [9.17, 15) is 13.6 Å². The zero-order valence-electron chi connectivity index (χ0n) is 10.4. The van der Waals surface area contributed by atoms with Gasteiger partial charge in [-0.1, -0.05) is 0 Å². The average molecular weight is 270 g/mol. The molecule has 0 N–H and O–H groups in total. The second-order valence-electron chi connectivity index (χ2n) is 3.59. The van der Waals surface area contributed by atoms with Crippen molar-refractivity contribution in [1.29, 1.82) is 0 Å². The summed E-state index contributed by atoms with van der Waals surface area (Å²) in [5.41, 5.74) is 0. The third kappa shape index (κ3) is 3.35. The molecule has 1 rings (SSSR count). The van der Waals surface area contributed by atoms with Gasteiger partial charge in [0.05, 0.1) is 25.7 Å². The van der Waals surface area contributed by atoms with E-state index in [1.165, 1.54) is 21.1 Å². The maximum absolute atomic E-state index is 13.4. The summed E-state index contributed by atoms with van der Waals surface area (Å²) < 4.78 is 50.7. The van der Waals surface area contributed by atoms with Gasteiger partial charge in [0.2, 0.25) is 0 Å². The third-order valence-corrected chi connectivity index (χ3v) is 2.32. The van der Waals surface area contributed by atoms with E-state index in [0.717, 1.165) is 0 Å². The third-order valence-electron chi connectivity index (χ3n) is 2.32. The lowest BCUT2D eigenvalue weighted by Gasteiger charge is -2.23. The van der Waals surface area contributed by atoms with Gasteiger partial charge in [0.15, 0.2) is 0 Å². The SMILES string of the molecule is CCOC(=O)C(F)(F)CC1COC(OC)(OC)O1. The summed E-state index contributed by atoms with van der Waals surface area (Å²) in [4.78, 5) is 11.0. The van der Waals surface area contributed by atoms with Crippen LogP contribution in [0, 0.1) is 0 Å². The number of carbonyl (C=O) groups is 1. The molecule has 0 aliphatic carbocycles. The monoisotopic (exact) mass is 270 g/mol. The highest BCUT2D eigenvalue weighted by atomic mass is 19.3. The molecule has 1 heterocycles. The number of esters is 1. The molecule has 0 aromatic heterocycles. The van der Waals surface area contributed by atoms with Crippen LogP contribution in [0.25, 0.3) is 0 Å². The molecule has 1 unspecified atom stereocenters. The zero-order valence-corrected chi connectivity index (χ0v) is 10.4. The molecule has 0 saturated carbocycles. The lowest BCUT2D eigenvalue weighted by atomic mass is 10.1. The summed E-state index contributed by atoms with van der Waals surface area (Å²) in [5.74, 6) is -5.22. The minimum absolute atomic E-state index is 0.115. The van der Waals surface area contributed by atoms with Crippen molar-refractivity contribution in [2.45, 2.75) is 31.5 Å². The van der Waals surface area contributed by atoms with Crippen molar-refractivity contribution in [2.24, 2.45) is 0 Å². The van der Waals surface area contributed by atoms with Gasteiger partial charge in [-0.15, -0.1) is 0 Å². The van der Waals surface area contributed by atoms with Gasteiger partial charge in [-0.3, -0.25) is 4.74 Å². The fraction of sp³-hybridized carbons (Fsp3) is 0.900. The Kier molecular flexibility index (Phi) is 4.97. The van der Waals surface area contributed by atoms with Crippen molar-refractivity contribution >= 4 is 5.97 Å². The van der Waals surface area contributed by atoms with Gasteiger partial charge in [-0.05, 0) is 6.92 Å². The first kappa shape index (κ1) is 15.2. The van der Waals surface area contributed by atoms with Crippen LogP contribution in [0.5, 0.6) is 0 Å². The lowest BCUT2D eigenvalue weighted by molar-refractivity contribution is -0.453. The van der Waals surface area contributed by atoms with Crippen molar-refractivity contribution in [2.75, 3.05) is 27.4 Å². The maximum atomic E-state index is 13.4. The predicted octanol–water partition coefficient (Wildman–Crippen LogP) is 0.894. The van der Waals surface area contributed by atoms with Gasteiger partial charge in [-0.25, -0.2) is 4.79 Å². The largest absolute Gasteiger partial charge is 0.462 e. The molecular formula is C10H16F2O6. The number of halogens is 2. The molecule has 1 aliphatic heterocycles. The molecule has 8 heteroatoms. The smallest absolute Gasteiger partial charge is 0.412 e. The normalized spacial score (nSPS) is 23.1. The second kappa shape index (κ2) is 5.87. The average Bonchev–Trinajstić information content (AvgIpc) is 2.73. The Bertz CT molecular complexity index is 292. The second-order valence-corrected chi connectivity index (χ2v) is 3.59. The van der Waals surface area contributed by atoms with Gasteiger partial charge < -0.3 is 18.9 Å². The van der Waals surface area contributed by atoms with Crippen molar-refractivity contribution in [3.63, 3.8) is 0 Å². The molecule has 18 heavy (non-hydrogen) atoms. The van der Waals surface area contributed by atoms with Crippen LogP contribution in [0.2, 0.25) is 0 Å². The van der Waals surface area contributed by atoms with E-state index < -0.39 is 30.6 Å². The summed E-state index contributed by atoms with van der Waals surface area (Å²) in [5, 5.41) is 0. The van der Waals surface area contributed by atoms with E-state index in [1.807, 2.05) is 0 Å². The Hall–Kier alpha value is -0.830. The quantitative estimate of drug-likeness (QED) is 0.527. The van der Waals surface area contributed by atoms with Crippen molar-refractivity contribution < 1.29 is 37.3 Å². The first-order chi connectivity index (χ1) is 8.39. The van der Waals surface area contributed by atoms with Crippen molar-refractivity contribution in [3.05, 3.63) is 0 Å². The summed E-state index contributed by atoms with van der Waals surface area (Å²) in [6.07, 6.45) is -3.67. The number of hydrogen-bond donors (Lipinski definition) is 0. The molecule has 0 radical (unpaired) electrons. The molecule has 0 aromatic carbocycles. The number of hydrogen-bond acceptors (Lipinski definition) is 6. The molecule has 1 fully saturated rings. The molecule has 1 aliphatic rings. The van der Waals surface area contributed by atoms with E-state index in [1.54, 1.807) is 0 Å². The standard InChI is InChI=1S/C10H16F2O6/c1-4-16-8(13)9(11,12)5-7-6-17-10(14-2,15-3)18-7/h7H,4-6H2,1-3H3. The van der Waals surface area contributed by atoms with Gasteiger partial charge in [0.1, 0.15) is 0 Å². The van der Waals surface area contributed by atoms with Crippen LogP contribution >= 0.6 is 0 Å². The highest BCUT2D eigenvalue weighted by Gasteiger charge is 2.50. The van der Waals surface area contributed by atoms with E-state index in [0.29, 0.717) is 0 Å². The predicted molar refractivity (Wildman–Crippen MR) is 53.8 cm³/mol. The molecule has 0 bridgehead atoms. The van der Waals surface area contributed by atoms with E-state index in [4.69, 9.17) is 18.9 Å². The first-order valence-corrected chi connectivity index (χ1v) is 5.36. The first-order valence-electron chi connectivity index (χ1n) is 5.36. The molecule has 0 spiro atoms. The van der Waals surface area contributed by atoms with Crippen LogP contribution in [0.15, 0.2) is 0 Å². The minimum Gasteiger partial charge on any atom is -0.462 e. The summed E-state index contributed by atoms with van der Waals surface area (Å²) in [6, 6.07) is 0. The van der Waals surface area contributed by atoms with Crippen LogP contribution < -0.4 is 0 Å². The number of alkyl halides is 2. The molecule has 0 aromatic rings. The van der Waals surface area contributed by atoms with E-state index in [-0.39, 0.29) is 13.2 Å². The Morgan fingerprint density at radius 1 is 1.44 bits per heavy atom. The highest BCUT2D eigenvalue weighted by molar-refractivity contribution is 5.77. The van der Waals surface area contributed by atoms with Crippen molar-refractivity contribution in [3.8, 4) is 0 Å². The summed E-state index contributed by atoms with van der Waals surface area (Å²) >= 11 is 0. The van der Waals surface area contributed by atoms with Crippen LogP contribution in [0.3, 0.4) is 0 Å². The Balaban J connectivity index is 2.56. The van der Waals surface area contributed by atoms with Gasteiger partial charge >= 0.3 is 18.1 Å². The number of ether oxygens (including phenoxy) is 5. The Labute approximate surface area is 103 Å². The van der Waals surface area contributed by atoms with Gasteiger partial charge in [0.25, 0.3) is 0 Å². The topological polar surface area (TPSA) is 63.2 Å². The number of carbonyl (C=O) groups excluding carboxylic acids is 1. The van der Waals surface area contributed by atoms with Gasteiger partial charge in [-0.2, -0.15) is 8.78 Å². The summed E-state index contributed by atoms with van der Waals surface area (Å²) in [7, 11) is 2.49. The fourth-order valence-corrected chi connectivity index (χ4v) is 1.47. The van der Waals surface area contributed by atoms with Crippen molar-refractivity contribution in [1.82, 2.24) is 0 Å². The van der Waals surface area contributed by atoms with Crippen LogP contribution in [0.1, 0.15) is 13.3 Å². The highest BCUT2D eigenvalue weighted by Crippen LogP contribution is 2.32. The fourth-order valence-electron chi connectivity index (χ4n) is 1.47. The molecule has 0 amide bonds. The molecule has 106 valence electrons. The van der Waals surface area contributed by atoms with Crippen LogP contribution in [-0.2, 0) is 28.5 Å². The van der Waals surface area contributed by atoms with E-state index >= 15 is 0 Å². The Morgan fingerprint density at radius 2 is 2.06 bits per heavy atom. The molecule has 1 atom stereocenters. The minimum atomic E-state index is -3.64. The van der Waals surface area contributed by atoms with Crippen LogP contribution in [0.4, 0.5) is 8.78 Å². The zero-order chi connectivity index (χ0) is 13.8. The maximum Gasteiger partial charge on any atom is 0.412 e. The molecular weight excluding hydrogens is 254 g/mol. The van der Waals surface area contributed by atoms with Gasteiger partial charge in [0, 0.05) is 14.2 Å². The number of rotatable bonds is 6. The van der Waals surface area contributed by atoms with E-state index in [2.05, 4.69) is 4.74 Å². The van der Waals surface area contributed by atoms with Crippen LogP contribution in [-0.4, -0.2) is 51.6 Å². The molecule has 1 saturated heterocycles. The molecule has 6 nitrogen and oxygen atoms in total. The summed E-state index contributed by atoms with van der Waals surface area (Å²) in [6.45, 7) is 1.16. The number of methoxy groups -OCH3 is 2. The Morgan fingerprint density at radius 3 is 2.50 bits per heavy atom.